The third-order valence-corrected chi connectivity index (χ3v) is 5.95. The molecule has 1 amide bonds. The van der Waals surface area contributed by atoms with E-state index in [0.29, 0.717) is 15.9 Å². The number of benzene rings is 1. The molecular weight excluding hydrogens is 351 g/mol. The van der Waals surface area contributed by atoms with Crippen LogP contribution in [0.15, 0.2) is 18.2 Å². The maximum Gasteiger partial charge on any atom is 0.326 e. The molecule has 2 aliphatic rings. The number of phenols is 1. The molecule has 1 saturated heterocycles. The van der Waals surface area contributed by atoms with E-state index in [9.17, 15) is 22.7 Å². The molecule has 0 unspecified atom stereocenters. The molecule has 3 N–H and O–H groups in total. The summed E-state index contributed by atoms with van der Waals surface area (Å²) in [6.07, 6.45) is 3.21. The number of aromatic nitrogens is 2. The molecule has 10 heteroatoms. The van der Waals surface area contributed by atoms with E-state index in [4.69, 9.17) is 0 Å². The number of H-pyrrole nitrogens is 1. The van der Waals surface area contributed by atoms with Crippen LogP contribution in [0.1, 0.15) is 30.9 Å². The topological polar surface area (TPSA) is 115 Å². The Hall–Kier alpha value is -2.62. The molecular formula is C15H15FN4O4S. The van der Waals surface area contributed by atoms with Gasteiger partial charge in [-0.1, -0.05) is 6.42 Å². The second kappa shape index (κ2) is 5.45. The van der Waals surface area contributed by atoms with Gasteiger partial charge in [0, 0.05) is 11.5 Å². The Labute approximate surface area is 142 Å². The van der Waals surface area contributed by atoms with Crippen LogP contribution in [0.4, 0.5) is 10.1 Å². The van der Waals surface area contributed by atoms with Crippen LogP contribution in [0.2, 0.25) is 0 Å². The summed E-state index contributed by atoms with van der Waals surface area (Å²) >= 11 is 0. The Balaban J connectivity index is 1.78. The Kier molecular flexibility index (Phi) is 3.46. The lowest BCUT2D eigenvalue weighted by Gasteiger charge is -2.22. The van der Waals surface area contributed by atoms with Gasteiger partial charge in [-0.25, -0.2) is 13.4 Å². The van der Waals surface area contributed by atoms with Gasteiger partial charge in [-0.3, -0.25) is 9.89 Å². The molecule has 1 aromatic carbocycles. The Morgan fingerprint density at radius 3 is 2.68 bits per heavy atom. The minimum atomic E-state index is -4.23. The van der Waals surface area contributed by atoms with Gasteiger partial charge in [-0.2, -0.15) is 13.5 Å². The smallest absolute Gasteiger partial charge is 0.326 e. The fraction of sp³-hybridized carbons (Fsp3) is 0.333. The first kappa shape index (κ1) is 15.9. The summed E-state index contributed by atoms with van der Waals surface area (Å²) in [5.74, 6) is -1.95. The highest BCUT2D eigenvalue weighted by Crippen LogP contribution is 2.40. The summed E-state index contributed by atoms with van der Waals surface area (Å²) in [6.45, 7) is -0.591. The third-order valence-electron chi connectivity index (χ3n) is 4.58. The highest BCUT2D eigenvalue weighted by Gasteiger charge is 2.38. The van der Waals surface area contributed by atoms with Gasteiger partial charge in [0.1, 0.15) is 18.0 Å². The van der Waals surface area contributed by atoms with Gasteiger partial charge in [0.2, 0.25) is 0 Å². The van der Waals surface area contributed by atoms with Gasteiger partial charge in [-0.15, -0.1) is 0 Å². The molecule has 2 heterocycles. The van der Waals surface area contributed by atoms with Crippen molar-refractivity contribution in [2.75, 3.05) is 10.8 Å². The summed E-state index contributed by atoms with van der Waals surface area (Å²) in [7, 11) is -4.23. The fourth-order valence-corrected chi connectivity index (χ4v) is 4.20. The SMILES string of the molecule is O=C1CN(c2c(O)ccc(-c3cc(C4CCC4)n[nH]3)c2F)S(=O)(=O)N1. The molecule has 4 rings (SSSR count). The third kappa shape index (κ3) is 2.53. The number of halogens is 1. The van der Waals surface area contributed by atoms with Crippen molar-refractivity contribution in [3.63, 3.8) is 0 Å². The summed E-state index contributed by atoms with van der Waals surface area (Å²) in [4.78, 5) is 11.4. The number of aromatic hydroxyl groups is 1. The molecule has 0 atom stereocenters. The number of nitrogens with zero attached hydrogens (tertiary/aromatic N) is 2. The minimum Gasteiger partial charge on any atom is -0.506 e. The van der Waals surface area contributed by atoms with Crippen LogP contribution in [-0.2, 0) is 15.0 Å². The number of carbonyl (C=O) groups is 1. The van der Waals surface area contributed by atoms with Crippen molar-refractivity contribution in [1.29, 1.82) is 0 Å². The van der Waals surface area contributed by atoms with Gasteiger partial charge in [0.15, 0.2) is 5.82 Å². The molecule has 1 aliphatic carbocycles. The molecule has 0 bridgehead atoms. The first-order chi connectivity index (χ1) is 11.9. The standard InChI is InChI=1S/C15H15FN4O4S/c16-14-9(11-6-10(17-18-11)8-2-1-3-8)4-5-12(21)15(14)20-7-13(22)19-25(20,23)24/h4-6,8,21H,1-3,7H2,(H,17,18)(H,19,22). The van der Waals surface area contributed by atoms with E-state index in [-0.39, 0.29) is 5.56 Å². The van der Waals surface area contributed by atoms with E-state index in [1.807, 2.05) is 0 Å². The van der Waals surface area contributed by atoms with Crippen molar-refractivity contribution in [2.24, 2.45) is 0 Å². The molecule has 1 saturated carbocycles. The van der Waals surface area contributed by atoms with E-state index >= 15 is 0 Å². The number of carbonyl (C=O) groups excluding carboxylic acids is 1. The number of amides is 1. The fourth-order valence-electron chi connectivity index (χ4n) is 3.03. The first-order valence-electron chi connectivity index (χ1n) is 7.77. The monoisotopic (exact) mass is 366 g/mol. The van der Waals surface area contributed by atoms with Crippen LogP contribution in [-0.4, -0.2) is 36.2 Å². The summed E-state index contributed by atoms with van der Waals surface area (Å²) in [6, 6.07) is 4.26. The van der Waals surface area contributed by atoms with Gasteiger partial charge >= 0.3 is 10.2 Å². The van der Waals surface area contributed by atoms with Crippen LogP contribution in [0, 0.1) is 5.82 Å². The molecule has 132 valence electrons. The number of phenolic OH excluding ortho intramolecular Hbond substituents is 1. The zero-order valence-corrected chi connectivity index (χ0v) is 13.8. The molecule has 0 spiro atoms. The average Bonchev–Trinajstić information content (AvgIpc) is 3.02. The van der Waals surface area contributed by atoms with Crippen LogP contribution >= 0.6 is 0 Å². The maximum atomic E-state index is 15.0. The molecule has 25 heavy (non-hydrogen) atoms. The zero-order chi connectivity index (χ0) is 17.8. The van der Waals surface area contributed by atoms with Crippen molar-refractivity contribution in [3.05, 3.63) is 29.7 Å². The minimum absolute atomic E-state index is 0.0698. The lowest BCUT2D eigenvalue weighted by Crippen LogP contribution is -2.30. The molecule has 1 aliphatic heterocycles. The molecule has 1 aromatic heterocycles. The maximum absolute atomic E-state index is 15.0. The molecule has 8 nitrogen and oxygen atoms in total. The van der Waals surface area contributed by atoms with Gasteiger partial charge < -0.3 is 5.11 Å². The number of aromatic amines is 1. The average molecular weight is 366 g/mol. The molecule has 2 aromatic rings. The van der Waals surface area contributed by atoms with Crippen LogP contribution in [0.25, 0.3) is 11.3 Å². The quantitative estimate of drug-likeness (QED) is 0.759. The largest absolute Gasteiger partial charge is 0.506 e. The highest BCUT2D eigenvalue weighted by atomic mass is 32.2. The number of hydrogen-bond acceptors (Lipinski definition) is 5. The van der Waals surface area contributed by atoms with Crippen LogP contribution in [0.3, 0.4) is 0 Å². The van der Waals surface area contributed by atoms with Crippen LogP contribution in [0.5, 0.6) is 5.75 Å². The summed E-state index contributed by atoms with van der Waals surface area (Å²) < 4.78 is 41.2. The van der Waals surface area contributed by atoms with Crippen LogP contribution < -0.4 is 9.03 Å². The second-order valence-electron chi connectivity index (χ2n) is 6.17. The van der Waals surface area contributed by atoms with Crippen molar-refractivity contribution < 1.29 is 22.7 Å². The van der Waals surface area contributed by atoms with Gasteiger partial charge in [-0.05, 0) is 31.0 Å². The highest BCUT2D eigenvalue weighted by molar-refractivity contribution is 7.92. The molecule has 2 fully saturated rings. The first-order valence-corrected chi connectivity index (χ1v) is 9.21. The Morgan fingerprint density at radius 1 is 1.32 bits per heavy atom. The Bertz CT molecular complexity index is 968. The second-order valence-corrected chi connectivity index (χ2v) is 7.76. The van der Waals surface area contributed by atoms with Crippen molar-refractivity contribution >= 4 is 21.8 Å². The lowest BCUT2D eigenvalue weighted by atomic mass is 9.83. The lowest BCUT2D eigenvalue weighted by molar-refractivity contribution is -0.117. The number of nitrogens with one attached hydrogen (secondary N) is 2. The zero-order valence-electron chi connectivity index (χ0n) is 13.0. The van der Waals surface area contributed by atoms with E-state index in [2.05, 4.69) is 10.2 Å². The van der Waals surface area contributed by atoms with E-state index in [1.54, 1.807) is 10.8 Å². The van der Waals surface area contributed by atoms with Gasteiger partial charge in [0.25, 0.3) is 5.91 Å². The van der Waals surface area contributed by atoms with E-state index in [1.165, 1.54) is 12.1 Å². The predicted molar refractivity (Wildman–Crippen MR) is 86.6 cm³/mol. The van der Waals surface area contributed by atoms with Crippen molar-refractivity contribution in [2.45, 2.75) is 25.2 Å². The van der Waals surface area contributed by atoms with Crippen molar-refractivity contribution in [3.8, 4) is 17.0 Å². The summed E-state index contributed by atoms with van der Waals surface area (Å²) in [5.41, 5.74) is 0.730. The van der Waals surface area contributed by atoms with E-state index < -0.39 is 39.9 Å². The molecule has 0 radical (unpaired) electrons. The van der Waals surface area contributed by atoms with Crippen molar-refractivity contribution in [1.82, 2.24) is 14.9 Å². The summed E-state index contributed by atoms with van der Waals surface area (Å²) in [5, 5.41) is 16.9. The number of anilines is 1. The predicted octanol–water partition coefficient (Wildman–Crippen LogP) is 1.37. The normalized spacial score (nSPS) is 19.7. The Morgan fingerprint density at radius 2 is 2.08 bits per heavy atom. The van der Waals surface area contributed by atoms with E-state index in [0.717, 1.165) is 25.0 Å². The number of hydrogen-bond donors (Lipinski definition) is 3. The number of rotatable bonds is 3. The van der Waals surface area contributed by atoms with Gasteiger partial charge in [0.05, 0.1) is 11.4 Å².